The van der Waals surface area contributed by atoms with Crippen molar-refractivity contribution < 1.29 is 9.73 Å². The highest BCUT2D eigenvalue weighted by molar-refractivity contribution is 5.85. The van der Waals surface area contributed by atoms with Crippen LogP contribution in [0.2, 0.25) is 0 Å². The minimum atomic E-state index is -0.142. The molecule has 1 rings (SSSR count). The van der Waals surface area contributed by atoms with Crippen molar-refractivity contribution in [3.8, 4) is 0 Å². The maximum absolute atomic E-state index is 8.48. The molecule has 0 aromatic carbocycles. The summed E-state index contributed by atoms with van der Waals surface area (Å²) >= 11 is 0. The minimum Gasteiger partial charge on any atom is -0.409 e. The van der Waals surface area contributed by atoms with E-state index in [-0.39, 0.29) is 11.9 Å². The second-order valence-electron chi connectivity index (χ2n) is 2.86. The summed E-state index contributed by atoms with van der Waals surface area (Å²) < 4.78 is 4.67. The lowest BCUT2D eigenvalue weighted by Crippen LogP contribution is -2.40. The van der Waals surface area contributed by atoms with Crippen molar-refractivity contribution in [3.63, 3.8) is 0 Å². The lowest BCUT2D eigenvalue weighted by Gasteiger charge is -2.13. The normalized spacial score (nSPS) is 14.2. The molecule has 0 fully saturated rings. The standard InChI is InChI=1S/C8H14N4O2/c1-2-7(8(9)11-13)10-5-6-3-4-14-12-6/h3-4,7,10,13H,2,5H2,1H3,(H2,9,11). The average Bonchev–Trinajstić information content (AvgIpc) is 2.71. The van der Waals surface area contributed by atoms with Crippen LogP contribution in [0.15, 0.2) is 22.0 Å². The number of oxime groups is 1. The van der Waals surface area contributed by atoms with Crippen LogP contribution in [-0.4, -0.2) is 22.2 Å². The van der Waals surface area contributed by atoms with Crippen molar-refractivity contribution in [2.24, 2.45) is 10.9 Å². The summed E-state index contributed by atoms with van der Waals surface area (Å²) in [7, 11) is 0. The smallest absolute Gasteiger partial charge is 0.156 e. The molecular weight excluding hydrogens is 184 g/mol. The molecule has 0 saturated carbocycles. The molecule has 0 aliphatic carbocycles. The molecule has 14 heavy (non-hydrogen) atoms. The van der Waals surface area contributed by atoms with E-state index >= 15 is 0 Å². The van der Waals surface area contributed by atoms with Gasteiger partial charge in [-0.2, -0.15) is 0 Å². The third-order valence-electron chi connectivity index (χ3n) is 1.90. The molecule has 0 bridgehead atoms. The first-order valence-corrected chi connectivity index (χ1v) is 4.38. The molecule has 6 nitrogen and oxygen atoms in total. The van der Waals surface area contributed by atoms with Crippen LogP contribution in [0.25, 0.3) is 0 Å². The van der Waals surface area contributed by atoms with E-state index in [1.54, 1.807) is 6.07 Å². The van der Waals surface area contributed by atoms with Gasteiger partial charge < -0.3 is 20.8 Å². The van der Waals surface area contributed by atoms with Gasteiger partial charge in [0.1, 0.15) is 6.26 Å². The van der Waals surface area contributed by atoms with Crippen molar-refractivity contribution in [2.45, 2.75) is 25.9 Å². The number of aromatic nitrogens is 1. The van der Waals surface area contributed by atoms with E-state index in [4.69, 9.17) is 10.9 Å². The molecule has 4 N–H and O–H groups in total. The fraction of sp³-hybridized carbons (Fsp3) is 0.500. The Bertz CT molecular complexity index is 284. The van der Waals surface area contributed by atoms with Crippen LogP contribution in [0.3, 0.4) is 0 Å². The number of amidine groups is 1. The van der Waals surface area contributed by atoms with Gasteiger partial charge >= 0.3 is 0 Å². The summed E-state index contributed by atoms with van der Waals surface area (Å²) in [5, 5.41) is 18.2. The summed E-state index contributed by atoms with van der Waals surface area (Å²) in [6, 6.07) is 1.61. The van der Waals surface area contributed by atoms with Gasteiger partial charge in [0.25, 0.3) is 0 Å². The Balaban J connectivity index is 2.42. The number of nitrogens with zero attached hydrogens (tertiary/aromatic N) is 2. The van der Waals surface area contributed by atoms with Gasteiger partial charge in [0.15, 0.2) is 5.84 Å². The van der Waals surface area contributed by atoms with Gasteiger partial charge in [-0.15, -0.1) is 0 Å². The first-order chi connectivity index (χ1) is 6.77. The molecule has 0 amide bonds. The Morgan fingerprint density at radius 1 is 1.86 bits per heavy atom. The number of nitrogens with two attached hydrogens (primary N) is 1. The van der Waals surface area contributed by atoms with E-state index in [0.29, 0.717) is 6.54 Å². The molecule has 1 atom stereocenters. The Hall–Kier alpha value is -1.56. The van der Waals surface area contributed by atoms with Crippen LogP contribution in [0.5, 0.6) is 0 Å². The zero-order valence-electron chi connectivity index (χ0n) is 7.97. The average molecular weight is 198 g/mol. The lowest BCUT2D eigenvalue weighted by atomic mass is 10.2. The van der Waals surface area contributed by atoms with E-state index in [1.807, 2.05) is 6.92 Å². The van der Waals surface area contributed by atoms with Gasteiger partial charge in [0, 0.05) is 12.6 Å². The molecule has 1 aromatic rings. The maximum atomic E-state index is 8.48. The lowest BCUT2D eigenvalue weighted by molar-refractivity contribution is 0.314. The van der Waals surface area contributed by atoms with Gasteiger partial charge in [-0.1, -0.05) is 17.2 Å². The summed E-state index contributed by atoms with van der Waals surface area (Å²) in [6.07, 6.45) is 2.25. The summed E-state index contributed by atoms with van der Waals surface area (Å²) in [5.41, 5.74) is 6.25. The number of rotatable bonds is 5. The second-order valence-corrected chi connectivity index (χ2v) is 2.86. The highest BCUT2D eigenvalue weighted by Gasteiger charge is 2.10. The molecule has 1 heterocycles. The van der Waals surface area contributed by atoms with E-state index in [2.05, 4.69) is 20.2 Å². The number of nitrogens with one attached hydrogen (secondary N) is 1. The van der Waals surface area contributed by atoms with Crippen molar-refractivity contribution in [2.75, 3.05) is 0 Å². The SMILES string of the molecule is CCC(NCc1ccon1)/C(N)=N/O. The molecule has 0 saturated heterocycles. The third kappa shape index (κ3) is 2.74. The van der Waals surface area contributed by atoms with Crippen molar-refractivity contribution in [1.82, 2.24) is 10.5 Å². The topological polar surface area (TPSA) is 96.7 Å². The van der Waals surface area contributed by atoms with E-state index in [9.17, 15) is 0 Å². The minimum absolute atomic E-state index is 0.142. The van der Waals surface area contributed by atoms with Crippen LogP contribution in [-0.2, 0) is 6.54 Å². The Morgan fingerprint density at radius 2 is 2.64 bits per heavy atom. The van der Waals surface area contributed by atoms with Crippen molar-refractivity contribution >= 4 is 5.84 Å². The first-order valence-electron chi connectivity index (χ1n) is 4.38. The first kappa shape index (κ1) is 10.5. The van der Waals surface area contributed by atoms with Crippen LogP contribution < -0.4 is 11.1 Å². The van der Waals surface area contributed by atoms with Gasteiger partial charge in [-0.3, -0.25) is 0 Å². The zero-order valence-corrected chi connectivity index (χ0v) is 7.97. The van der Waals surface area contributed by atoms with Crippen LogP contribution in [0.1, 0.15) is 19.0 Å². The monoisotopic (exact) mass is 198 g/mol. The van der Waals surface area contributed by atoms with E-state index in [0.717, 1.165) is 12.1 Å². The molecule has 6 heteroatoms. The van der Waals surface area contributed by atoms with Crippen molar-refractivity contribution in [3.05, 3.63) is 18.0 Å². The molecule has 78 valence electrons. The quantitative estimate of drug-likeness (QED) is 0.273. The van der Waals surface area contributed by atoms with Gasteiger partial charge in [0.2, 0.25) is 0 Å². The largest absolute Gasteiger partial charge is 0.409 e. The molecule has 0 aliphatic rings. The molecule has 0 spiro atoms. The molecular formula is C8H14N4O2. The van der Waals surface area contributed by atoms with Crippen LogP contribution >= 0.6 is 0 Å². The maximum Gasteiger partial charge on any atom is 0.156 e. The van der Waals surface area contributed by atoms with Gasteiger partial charge in [0.05, 0.1) is 11.7 Å². The zero-order chi connectivity index (χ0) is 10.4. The second kappa shape index (κ2) is 5.23. The van der Waals surface area contributed by atoms with E-state index < -0.39 is 0 Å². The fourth-order valence-electron chi connectivity index (χ4n) is 1.08. The Labute approximate surface area is 81.8 Å². The molecule has 1 aromatic heterocycles. The predicted molar refractivity (Wildman–Crippen MR) is 50.8 cm³/mol. The summed E-state index contributed by atoms with van der Waals surface area (Å²) in [6.45, 7) is 2.48. The van der Waals surface area contributed by atoms with Gasteiger partial charge in [-0.05, 0) is 6.42 Å². The molecule has 1 unspecified atom stereocenters. The number of hydrogen-bond donors (Lipinski definition) is 3. The Kier molecular flexibility index (Phi) is 3.93. The highest BCUT2D eigenvalue weighted by Crippen LogP contribution is 1.97. The Morgan fingerprint density at radius 3 is 3.14 bits per heavy atom. The molecule has 0 radical (unpaired) electrons. The van der Waals surface area contributed by atoms with Gasteiger partial charge in [-0.25, -0.2) is 0 Å². The summed E-state index contributed by atoms with van der Waals surface area (Å²) in [5.74, 6) is 0.177. The highest BCUT2D eigenvalue weighted by atomic mass is 16.5. The van der Waals surface area contributed by atoms with Crippen LogP contribution in [0, 0.1) is 0 Å². The fourth-order valence-corrected chi connectivity index (χ4v) is 1.08. The number of hydrogen-bond acceptors (Lipinski definition) is 5. The summed E-state index contributed by atoms with van der Waals surface area (Å²) in [4.78, 5) is 0. The van der Waals surface area contributed by atoms with Crippen molar-refractivity contribution in [1.29, 1.82) is 0 Å². The van der Waals surface area contributed by atoms with E-state index in [1.165, 1.54) is 6.26 Å². The third-order valence-corrected chi connectivity index (χ3v) is 1.90. The predicted octanol–water partition coefficient (Wildman–Crippen LogP) is 0.289. The molecule has 0 aliphatic heterocycles. The van der Waals surface area contributed by atoms with Crippen LogP contribution in [0.4, 0.5) is 0 Å².